The minimum absolute atomic E-state index is 0.0200. The van der Waals surface area contributed by atoms with Gasteiger partial charge in [0.1, 0.15) is 23.8 Å². The Balaban J connectivity index is 1.81. The van der Waals surface area contributed by atoms with Gasteiger partial charge in [-0.05, 0) is 42.0 Å². The van der Waals surface area contributed by atoms with E-state index in [1.807, 2.05) is 0 Å². The summed E-state index contributed by atoms with van der Waals surface area (Å²) in [6.45, 7) is 0.442. The van der Waals surface area contributed by atoms with Crippen molar-refractivity contribution >= 4 is 23.1 Å². The smallest absolute Gasteiger partial charge is 0.234 e. The van der Waals surface area contributed by atoms with Gasteiger partial charge < -0.3 is 26.2 Å². The van der Waals surface area contributed by atoms with E-state index in [0.29, 0.717) is 34.7 Å². The van der Waals surface area contributed by atoms with E-state index in [9.17, 15) is 14.3 Å². The van der Waals surface area contributed by atoms with E-state index in [0.717, 1.165) is 0 Å². The topological polar surface area (TPSA) is 133 Å². The maximum atomic E-state index is 14.4. The van der Waals surface area contributed by atoms with E-state index in [1.165, 1.54) is 12.1 Å². The number of nitrogens with zero attached hydrogens (tertiary/aromatic N) is 2. The maximum Gasteiger partial charge on any atom is 0.234 e. The van der Waals surface area contributed by atoms with Crippen LogP contribution < -0.4 is 16.4 Å². The number of methoxy groups -OCH3 is 1. The molecule has 0 saturated heterocycles. The predicted molar refractivity (Wildman–Crippen MR) is 118 cm³/mol. The lowest BCUT2D eigenvalue weighted by Crippen LogP contribution is -2.22. The lowest BCUT2D eigenvalue weighted by molar-refractivity contribution is -0.120. The van der Waals surface area contributed by atoms with Gasteiger partial charge in [0.2, 0.25) is 5.91 Å². The van der Waals surface area contributed by atoms with Gasteiger partial charge in [-0.25, -0.2) is 9.37 Å². The molecule has 3 aromatic rings. The number of hydrogen-bond acceptors (Lipinski definition) is 7. The molecule has 0 aliphatic heterocycles. The lowest BCUT2D eigenvalue weighted by Gasteiger charge is -2.13. The molecule has 164 valence electrons. The highest BCUT2D eigenvalue weighted by atomic mass is 19.1. The Kier molecular flexibility index (Phi) is 7.21. The third-order valence-corrected chi connectivity index (χ3v) is 4.62. The van der Waals surface area contributed by atoms with E-state index in [1.54, 1.807) is 49.6 Å². The Bertz CT molecular complexity index is 1180. The molecule has 1 heterocycles. The molecular weight excluding hydrogens is 413 g/mol. The molecule has 2 aromatic carbocycles. The molecule has 1 amide bonds. The van der Waals surface area contributed by atoms with E-state index in [4.69, 9.17) is 15.7 Å². The zero-order valence-electron chi connectivity index (χ0n) is 17.4. The molecule has 0 aliphatic carbocycles. The third kappa shape index (κ3) is 5.50. The molecule has 3 rings (SSSR count). The zero-order chi connectivity index (χ0) is 23.1. The van der Waals surface area contributed by atoms with Gasteiger partial charge in [0.15, 0.2) is 0 Å². The summed E-state index contributed by atoms with van der Waals surface area (Å²) in [4.78, 5) is 15.8. The fourth-order valence-corrected chi connectivity index (χ4v) is 3.02. The molecule has 0 spiro atoms. The highest BCUT2D eigenvalue weighted by Crippen LogP contribution is 2.33. The molecule has 0 radical (unpaired) electrons. The highest BCUT2D eigenvalue weighted by molar-refractivity contribution is 5.78. The van der Waals surface area contributed by atoms with Crippen LogP contribution in [-0.2, 0) is 22.7 Å². The number of hydrogen-bond donors (Lipinski definition) is 4. The molecule has 1 aromatic heterocycles. The van der Waals surface area contributed by atoms with Gasteiger partial charge in [0.05, 0.1) is 24.1 Å². The molecule has 0 fully saturated rings. The van der Waals surface area contributed by atoms with Crippen LogP contribution in [0, 0.1) is 17.1 Å². The third-order valence-electron chi connectivity index (χ3n) is 4.62. The maximum absolute atomic E-state index is 14.4. The Hall–Kier alpha value is -4.16. The molecule has 9 heteroatoms. The van der Waals surface area contributed by atoms with E-state index in [-0.39, 0.29) is 30.2 Å². The quantitative estimate of drug-likeness (QED) is 0.397. The van der Waals surface area contributed by atoms with Crippen LogP contribution in [0.3, 0.4) is 0 Å². The Morgan fingerprint density at radius 1 is 1.25 bits per heavy atom. The van der Waals surface area contributed by atoms with Gasteiger partial charge in [-0.15, -0.1) is 0 Å². The van der Waals surface area contributed by atoms with Gasteiger partial charge in [0.25, 0.3) is 0 Å². The van der Waals surface area contributed by atoms with Crippen molar-refractivity contribution in [3.63, 3.8) is 0 Å². The molecule has 32 heavy (non-hydrogen) atoms. The van der Waals surface area contributed by atoms with E-state index < -0.39 is 11.7 Å². The summed E-state index contributed by atoms with van der Waals surface area (Å²) in [6, 6.07) is 14.6. The SMILES string of the molecule is COCc1ccc(Nc2ccc(O)c(-c3ccc(CNC(=O)CC#N)c(N)n3)c2)c(F)c1. The minimum atomic E-state index is -0.431. The Morgan fingerprint density at radius 2 is 2.06 bits per heavy atom. The number of benzene rings is 2. The predicted octanol–water partition coefficient (Wildman–Crippen LogP) is 3.60. The molecule has 0 bridgehead atoms. The fourth-order valence-electron chi connectivity index (χ4n) is 3.02. The van der Waals surface area contributed by atoms with Crippen molar-refractivity contribution < 1.29 is 19.0 Å². The largest absolute Gasteiger partial charge is 0.507 e. The van der Waals surface area contributed by atoms with Crippen molar-refractivity contribution in [3.05, 3.63) is 65.5 Å². The summed E-state index contributed by atoms with van der Waals surface area (Å²) in [5.41, 5.74) is 8.93. The number of anilines is 3. The molecular formula is C23H22FN5O3. The normalized spacial score (nSPS) is 10.4. The van der Waals surface area contributed by atoms with E-state index >= 15 is 0 Å². The average Bonchev–Trinajstić information content (AvgIpc) is 2.76. The number of ether oxygens (including phenoxy) is 1. The van der Waals surface area contributed by atoms with Crippen LogP contribution in [0.1, 0.15) is 17.5 Å². The summed E-state index contributed by atoms with van der Waals surface area (Å²) < 4.78 is 19.4. The van der Waals surface area contributed by atoms with Crippen LogP contribution in [0.2, 0.25) is 0 Å². The van der Waals surface area contributed by atoms with Crippen molar-refractivity contribution in [2.45, 2.75) is 19.6 Å². The summed E-state index contributed by atoms with van der Waals surface area (Å²) in [5.74, 6) is -0.681. The molecule has 5 N–H and O–H groups in total. The minimum Gasteiger partial charge on any atom is -0.507 e. The Morgan fingerprint density at radius 3 is 2.75 bits per heavy atom. The second kappa shape index (κ2) is 10.2. The Labute approximate surface area is 184 Å². The fraction of sp³-hybridized carbons (Fsp3) is 0.174. The van der Waals surface area contributed by atoms with Crippen LogP contribution in [0.25, 0.3) is 11.3 Å². The summed E-state index contributed by atoms with van der Waals surface area (Å²) in [5, 5.41) is 24.4. The number of halogens is 1. The number of nitrogens with two attached hydrogens (primary N) is 1. The summed E-state index contributed by atoms with van der Waals surface area (Å²) in [7, 11) is 1.54. The number of phenolic OH excluding ortho intramolecular Hbond substituents is 1. The number of rotatable bonds is 8. The monoisotopic (exact) mass is 435 g/mol. The molecule has 0 aliphatic rings. The van der Waals surface area contributed by atoms with E-state index in [2.05, 4.69) is 15.6 Å². The van der Waals surface area contributed by atoms with Gasteiger partial charge in [-0.3, -0.25) is 4.79 Å². The number of nitrogen functional groups attached to an aromatic ring is 1. The zero-order valence-corrected chi connectivity index (χ0v) is 17.4. The van der Waals surface area contributed by atoms with Crippen LogP contribution >= 0.6 is 0 Å². The number of carbonyl (C=O) groups is 1. The first-order chi connectivity index (χ1) is 15.4. The number of phenols is 1. The van der Waals surface area contributed by atoms with Crippen molar-refractivity contribution in [2.24, 2.45) is 0 Å². The van der Waals surface area contributed by atoms with Gasteiger partial charge in [-0.2, -0.15) is 5.26 Å². The second-order valence-electron chi connectivity index (χ2n) is 6.96. The van der Waals surface area contributed by atoms with Gasteiger partial charge in [0, 0.05) is 30.5 Å². The van der Waals surface area contributed by atoms with Crippen LogP contribution in [0.5, 0.6) is 5.75 Å². The number of amides is 1. The summed E-state index contributed by atoms with van der Waals surface area (Å²) >= 11 is 0. The molecule has 0 atom stereocenters. The molecule has 0 saturated carbocycles. The van der Waals surface area contributed by atoms with Gasteiger partial charge in [-0.1, -0.05) is 12.1 Å². The van der Waals surface area contributed by atoms with Crippen molar-refractivity contribution in [2.75, 3.05) is 18.2 Å². The van der Waals surface area contributed by atoms with Crippen LogP contribution in [-0.4, -0.2) is 23.1 Å². The number of aromatic nitrogens is 1. The van der Waals surface area contributed by atoms with Crippen molar-refractivity contribution in [3.8, 4) is 23.1 Å². The van der Waals surface area contributed by atoms with Crippen LogP contribution in [0.4, 0.5) is 21.6 Å². The number of nitriles is 1. The van der Waals surface area contributed by atoms with Crippen LogP contribution in [0.15, 0.2) is 48.5 Å². The second-order valence-corrected chi connectivity index (χ2v) is 6.96. The first-order valence-electron chi connectivity index (χ1n) is 9.68. The number of pyridine rings is 1. The first-order valence-corrected chi connectivity index (χ1v) is 9.68. The van der Waals surface area contributed by atoms with Gasteiger partial charge >= 0.3 is 0 Å². The van der Waals surface area contributed by atoms with Crippen molar-refractivity contribution in [1.29, 1.82) is 5.26 Å². The molecule has 8 nitrogen and oxygen atoms in total. The average molecular weight is 435 g/mol. The number of aromatic hydroxyl groups is 1. The number of nitrogens with one attached hydrogen (secondary N) is 2. The summed E-state index contributed by atoms with van der Waals surface area (Å²) in [6.07, 6.45) is -0.241. The standard InChI is InChI=1S/C23H22FN5O3/c1-32-13-14-2-5-20(18(24)10-14)28-16-4-7-21(30)17(11-16)19-6-3-15(23(26)29-19)12-27-22(31)8-9-25/h2-7,10-11,28,30H,8,12-13H2,1H3,(H2,26,29)(H,27,31). The highest BCUT2D eigenvalue weighted by Gasteiger charge is 2.12. The first kappa shape index (κ1) is 22.5. The number of carbonyl (C=O) groups excluding carboxylic acids is 1. The molecule has 0 unspecified atom stereocenters. The van der Waals surface area contributed by atoms with Crippen molar-refractivity contribution in [1.82, 2.24) is 10.3 Å². The lowest BCUT2D eigenvalue weighted by atomic mass is 10.1.